The van der Waals surface area contributed by atoms with Gasteiger partial charge in [0.25, 0.3) is 0 Å². The third-order valence-corrected chi connectivity index (χ3v) is 17.1. The van der Waals surface area contributed by atoms with Crippen molar-refractivity contribution in [2.75, 3.05) is 11.9 Å². The second-order valence-electron chi connectivity index (χ2n) is 14.5. The van der Waals surface area contributed by atoms with Gasteiger partial charge in [0.2, 0.25) is 0 Å². The molecule has 3 atom stereocenters. The number of hydrogen-bond donors (Lipinski definition) is 1. The Labute approximate surface area is 235 Å². The van der Waals surface area contributed by atoms with Gasteiger partial charge in [-0.1, -0.05) is 41.5 Å². The highest BCUT2D eigenvalue weighted by Gasteiger charge is 2.47. The Balaban J connectivity index is 1.88. The monoisotopic (exact) mass is 579 g/mol. The highest BCUT2D eigenvalue weighted by Crippen LogP contribution is 2.43. The summed E-state index contributed by atoms with van der Waals surface area (Å²) < 4.78 is 27.4. The largest absolute Gasteiger partial charge is 0.444 e. The number of carbonyl (C=O) groups excluding carboxylic acids is 1. The lowest BCUT2D eigenvalue weighted by Gasteiger charge is -2.40. The maximum absolute atomic E-state index is 12.4. The van der Waals surface area contributed by atoms with Crippen molar-refractivity contribution in [1.82, 2.24) is 19.5 Å². The first kappa shape index (κ1) is 31.7. The number of fused-ring (bicyclic) bond motifs is 1. The van der Waals surface area contributed by atoms with Gasteiger partial charge >= 0.3 is 6.09 Å². The normalized spacial score (nSPS) is 21.4. The molecular weight excluding hydrogens is 530 g/mol. The summed E-state index contributed by atoms with van der Waals surface area (Å²) >= 11 is 0. The Hall–Kier alpha value is -1.87. The third-order valence-electron chi connectivity index (χ3n) is 8.14. The molecule has 0 bridgehead atoms. The van der Waals surface area contributed by atoms with Crippen LogP contribution in [0.15, 0.2) is 12.7 Å². The van der Waals surface area contributed by atoms with Gasteiger partial charge in [-0.3, -0.25) is 9.88 Å². The van der Waals surface area contributed by atoms with Gasteiger partial charge in [0.05, 0.1) is 19.0 Å². The Morgan fingerprint density at radius 1 is 1.00 bits per heavy atom. The topological polar surface area (TPSA) is 110 Å². The highest BCUT2D eigenvalue weighted by molar-refractivity contribution is 6.74. The minimum absolute atomic E-state index is 0.0626. The summed E-state index contributed by atoms with van der Waals surface area (Å²) in [6.45, 7) is 28.4. The molecule has 3 rings (SSSR count). The summed E-state index contributed by atoms with van der Waals surface area (Å²) in [5.41, 5.74) is 0.404. The van der Waals surface area contributed by atoms with E-state index in [0.29, 0.717) is 24.2 Å². The number of nitrogens with one attached hydrogen (secondary N) is 1. The van der Waals surface area contributed by atoms with Crippen LogP contribution in [0.25, 0.3) is 11.2 Å². The molecular formula is C27H49N5O5Si2. The van der Waals surface area contributed by atoms with Crippen LogP contribution in [0.2, 0.25) is 36.3 Å². The number of carbonyl (C=O) groups is 1. The molecule has 1 aliphatic heterocycles. The van der Waals surface area contributed by atoms with Crippen molar-refractivity contribution in [2.45, 2.75) is 129 Å². The van der Waals surface area contributed by atoms with Crippen LogP contribution in [0.4, 0.5) is 10.6 Å². The van der Waals surface area contributed by atoms with E-state index in [-0.39, 0.29) is 34.3 Å². The average Bonchev–Trinajstić information content (AvgIpc) is 3.33. The first-order valence-corrected chi connectivity index (χ1v) is 19.6. The Morgan fingerprint density at radius 3 is 2.18 bits per heavy atom. The summed E-state index contributed by atoms with van der Waals surface area (Å²) in [7, 11) is -4.06. The van der Waals surface area contributed by atoms with Crippen molar-refractivity contribution < 1.29 is 23.1 Å². The van der Waals surface area contributed by atoms with Gasteiger partial charge in [0, 0.05) is 6.42 Å². The Bertz CT molecular complexity index is 1160. The first-order valence-electron chi connectivity index (χ1n) is 13.8. The van der Waals surface area contributed by atoms with Gasteiger partial charge in [-0.25, -0.2) is 19.7 Å². The Morgan fingerprint density at radius 2 is 1.62 bits per heavy atom. The van der Waals surface area contributed by atoms with Crippen LogP contribution in [0.1, 0.15) is 75.0 Å². The molecule has 1 N–H and O–H groups in total. The molecule has 2 aromatic heterocycles. The fourth-order valence-corrected chi connectivity index (χ4v) is 6.13. The molecule has 10 nitrogen and oxygen atoms in total. The minimum Gasteiger partial charge on any atom is -0.444 e. The summed E-state index contributed by atoms with van der Waals surface area (Å²) in [6.07, 6.45) is 2.44. The minimum atomic E-state index is -2.07. The van der Waals surface area contributed by atoms with Gasteiger partial charge in [-0.2, -0.15) is 0 Å². The van der Waals surface area contributed by atoms with Crippen LogP contribution in [0.5, 0.6) is 0 Å². The molecule has 12 heteroatoms. The van der Waals surface area contributed by atoms with Crippen LogP contribution in [0, 0.1) is 0 Å². The van der Waals surface area contributed by atoms with Gasteiger partial charge in [0.1, 0.15) is 24.3 Å². The van der Waals surface area contributed by atoms with E-state index in [4.69, 9.17) is 18.3 Å². The predicted molar refractivity (Wildman–Crippen MR) is 159 cm³/mol. The molecule has 0 aromatic carbocycles. The lowest BCUT2D eigenvalue weighted by atomic mass is 10.2. The molecule has 0 saturated carbocycles. The second-order valence-corrected chi connectivity index (χ2v) is 24.1. The van der Waals surface area contributed by atoms with Crippen LogP contribution in [-0.2, 0) is 18.3 Å². The molecule has 3 heterocycles. The number of aromatic nitrogens is 4. The van der Waals surface area contributed by atoms with Crippen molar-refractivity contribution in [3.63, 3.8) is 0 Å². The van der Waals surface area contributed by atoms with Crippen molar-refractivity contribution in [3.05, 3.63) is 12.7 Å². The van der Waals surface area contributed by atoms with Crippen LogP contribution in [0.3, 0.4) is 0 Å². The van der Waals surface area contributed by atoms with E-state index in [1.165, 1.54) is 6.33 Å². The number of ether oxygens (including phenoxy) is 2. The van der Waals surface area contributed by atoms with E-state index in [9.17, 15) is 4.79 Å². The number of hydrogen-bond acceptors (Lipinski definition) is 8. The number of rotatable bonds is 7. The van der Waals surface area contributed by atoms with E-state index in [1.807, 2.05) is 25.3 Å². The van der Waals surface area contributed by atoms with Crippen molar-refractivity contribution in [3.8, 4) is 0 Å². The molecule has 2 aromatic rings. The maximum Gasteiger partial charge on any atom is 0.413 e. The SMILES string of the molecule is CC(C)(C)OC(=O)Nc1ncnc2c1ncn2[C@H]1C[C@H](O[Si](C)(C)C(C)(C)C)[C@@H](CO[Si](C)(C)C(C)(C)C)O1. The first-order chi connectivity index (χ1) is 17.6. The van der Waals surface area contributed by atoms with E-state index < -0.39 is 28.3 Å². The van der Waals surface area contributed by atoms with Gasteiger partial charge in [-0.15, -0.1) is 0 Å². The van der Waals surface area contributed by atoms with E-state index >= 15 is 0 Å². The van der Waals surface area contributed by atoms with Crippen LogP contribution in [-0.4, -0.2) is 66.7 Å². The molecule has 0 radical (unpaired) electrons. The zero-order chi connectivity index (χ0) is 29.6. The fraction of sp³-hybridized carbons (Fsp3) is 0.778. The van der Waals surface area contributed by atoms with Gasteiger partial charge < -0.3 is 18.3 Å². The predicted octanol–water partition coefficient (Wildman–Crippen LogP) is 6.87. The molecule has 0 spiro atoms. The van der Waals surface area contributed by atoms with E-state index in [0.717, 1.165) is 0 Å². The van der Waals surface area contributed by atoms with Crippen molar-refractivity contribution >= 4 is 39.7 Å². The zero-order valence-electron chi connectivity index (χ0n) is 26.1. The number of imidazole rings is 1. The molecule has 0 unspecified atom stereocenters. The lowest BCUT2D eigenvalue weighted by Crippen LogP contribution is -2.48. The molecule has 0 aliphatic carbocycles. The second kappa shape index (κ2) is 10.8. The Kier molecular flexibility index (Phi) is 8.80. The third kappa shape index (κ3) is 7.46. The fourth-order valence-electron chi connectivity index (χ4n) is 3.76. The van der Waals surface area contributed by atoms with Gasteiger partial charge in [0.15, 0.2) is 33.6 Å². The molecule has 1 saturated heterocycles. The number of anilines is 1. The van der Waals surface area contributed by atoms with E-state index in [2.05, 4.69) is 88.0 Å². The average molecular weight is 580 g/mol. The quantitative estimate of drug-likeness (QED) is 0.354. The maximum atomic E-state index is 12.4. The summed E-state index contributed by atoms with van der Waals surface area (Å²) in [5, 5.41) is 2.85. The summed E-state index contributed by atoms with van der Waals surface area (Å²) in [4.78, 5) is 25.6. The molecule has 39 heavy (non-hydrogen) atoms. The van der Waals surface area contributed by atoms with Crippen molar-refractivity contribution in [1.29, 1.82) is 0 Å². The van der Waals surface area contributed by atoms with Crippen LogP contribution < -0.4 is 5.32 Å². The van der Waals surface area contributed by atoms with Crippen LogP contribution >= 0.6 is 0 Å². The number of amides is 1. The zero-order valence-corrected chi connectivity index (χ0v) is 28.1. The lowest BCUT2D eigenvalue weighted by molar-refractivity contribution is -0.0383. The van der Waals surface area contributed by atoms with Gasteiger partial charge in [-0.05, 0) is 57.0 Å². The molecule has 1 aliphatic rings. The molecule has 1 fully saturated rings. The molecule has 220 valence electrons. The number of nitrogens with zero attached hydrogens (tertiary/aromatic N) is 4. The standard InChI is InChI=1S/C27H49N5O5Si2/c1-25(2,3)36-24(33)31-22-21-23(29-16-28-22)32(17-30-21)20-14-18(37-39(12,13)27(7,8)9)19(35-20)15-34-38(10,11)26(4,5)6/h16-20H,14-15H2,1-13H3,(H,28,29,31,33)/t18-,19+,20+/m0/s1. The summed E-state index contributed by atoms with van der Waals surface area (Å²) in [6, 6.07) is 0. The van der Waals surface area contributed by atoms with E-state index in [1.54, 1.807) is 6.33 Å². The molecule has 1 amide bonds. The van der Waals surface area contributed by atoms with Crippen molar-refractivity contribution in [2.24, 2.45) is 0 Å². The highest BCUT2D eigenvalue weighted by atomic mass is 28.4. The smallest absolute Gasteiger partial charge is 0.413 e. The summed E-state index contributed by atoms with van der Waals surface area (Å²) in [5.74, 6) is 0.290.